The third kappa shape index (κ3) is 2.73. The third-order valence-electron chi connectivity index (χ3n) is 2.98. The van der Waals surface area contributed by atoms with Gasteiger partial charge in [0.15, 0.2) is 0 Å². The largest absolute Gasteiger partial charge is 0.327 e. The normalized spacial score (nSPS) is 30.0. The zero-order chi connectivity index (χ0) is 12.1. The molecule has 0 saturated heterocycles. The maximum Gasteiger partial charge on any atom is 0.0906 e. The second-order valence-corrected chi connectivity index (χ2v) is 4.25. The van der Waals surface area contributed by atoms with Crippen LogP contribution < -0.4 is 0 Å². The Morgan fingerprint density at radius 2 is 2.41 bits per heavy atom. The fourth-order valence-corrected chi connectivity index (χ4v) is 2.00. The van der Waals surface area contributed by atoms with Crippen molar-refractivity contribution in [2.24, 2.45) is 9.98 Å². The summed E-state index contributed by atoms with van der Waals surface area (Å²) in [5.74, 6) is 0. The van der Waals surface area contributed by atoms with Gasteiger partial charge < -0.3 is 4.90 Å². The molecule has 2 atom stereocenters. The van der Waals surface area contributed by atoms with Crippen molar-refractivity contribution in [1.82, 2.24) is 4.90 Å². The van der Waals surface area contributed by atoms with E-state index in [2.05, 4.69) is 53.0 Å². The van der Waals surface area contributed by atoms with Gasteiger partial charge in [-0.3, -0.25) is 9.98 Å². The molecule has 0 saturated carbocycles. The lowest BCUT2D eigenvalue weighted by molar-refractivity contribution is 0.453. The highest BCUT2D eigenvalue weighted by molar-refractivity contribution is 5.68. The fraction of sp³-hybridized carbons (Fsp3) is 0.429. The van der Waals surface area contributed by atoms with Crippen molar-refractivity contribution in [3.8, 4) is 0 Å². The lowest BCUT2D eigenvalue weighted by Gasteiger charge is -2.26. The van der Waals surface area contributed by atoms with Crippen LogP contribution in [0.25, 0.3) is 0 Å². The minimum Gasteiger partial charge on any atom is -0.327 e. The molecule has 2 rings (SSSR count). The summed E-state index contributed by atoms with van der Waals surface area (Å²) in [6.07, 6.45) is 16.4. The van der Waals surface area contributed by atoms with Gasteiger partial charge in [0.05, 0.1) is 18.4 Å². The third-order valence-corrected chi connectivity index (χ3v) is 2.98. The molecule has 0 radical (unpaired) electrons. The van der Waals surface area contributed by atoms with Gasteiger partial charge in [0, 0.05) is 24.5 Å². The summed E-state index contributed by atoms with van der Waals surface area (Å²) >= 11 is 0. The molecule has 0 aromatic carbocycles. The number of allylic oxidation sites excluding steroid dienone is 3. The minimum atomic E-state index is 0.253. The van der Waals surface area contributed by atoms with Crippen LogP contribution >= 0.6 is 0 Å². The van der Waals surface area contributed by atoms with E-state index in [1.165, 1.54) is 5.70 Å². The summed E-state index contributed by atoms with van der Waals surface area (Å²) in [5, 5.41) is 0. The Hall–Kier alpha value is -1.64. The summed E-state index contributed by atoms with van der Waals surface area (Å²) in [6.45, 7) is 4.27. The van der Waals surface area contributed by atoms with Gasteiger partial charge in [-0.25, -0.2) is 0 Å². The maximum absolute atomic E-state index is 4.47. The van der Waals surface area contributed by atoms with Crippen LogP contribution in [0.3, 0.4) is 0 Å². The van der Waals surface area contributed by atoms with Crippen molar-refractivity contribution in [3.05, 3.63) is 36.2 Å². The molecule has 1 unspecified atom stereocenters. The molecule has 0 bridgehead atoms. The maximum atomic E-state index is 4.47. The summed E-state index contributed by atoms with van der Waals surface area (Å²) in [5.41, 5.74) is 1.26. The van der Waals surface area contributed by atoms with Crippen LogP contribution in [0.5, 0.6) is 0 Å². The highest BCUT2D eigenvalue weighted by Crippen LogP contribution is 2.23. The van der Waals surface area contributed by atoms with Crippen LogP contribution in [0.1, 0.15) is 26.7 Å². The van der Waals surface area contributed by atoms with E-state index in [4.69, 9.17) is 0 Å². The Morgan fingerprint density at radius 1 is 1.53 bits per heavy atom. The number of aliphatic imine (C=N–C) groups is 2. The molecule has 0 N–H and O–H groups in total. The Labute approximate surface area is 103 Å². The average molecular weight is 229 g/mol. The molecule has 0 fully saturated rings. The highest BCUT2D eigenvalue weighted by Gasteiger charge is 2.25. The molecule has 0 aromatic rings. The van der Waals surface area contributed by atoms with E-state index in [1.54, 1.807) is 0 Å². The van der Waals surface area contributed by atoms with E-state index in [0.717, 1.165) is 12.8 Å². The smallest absolute Gasteiger partial charge is 0.0906 e. The highest BCUT2D eigenvalue weighted by atomic mass is 15.3. The van der Waals surface area contributed by atoms with E-state index < -0.39 is 0 Å². The van der Waals surface area contributed by atoms with Crippen molar-refractivity contribution in [1.29, 1.82) is 0 Å². The topological polar surface area (TPSA) is 28.0 Å². The Kier molecular flexibility index (Phi) is 3.91. The molecule has 0 amide bonds. The van der Waals surface area contributed by atoms with Crippen LogP contribution in [-0.4, -0.2) is 29.5 Å². The molecule has 2 aliphatic heterocycles. The van der Waals surface area contributed by atoms with Gasteiger partial charge in [0.1, 0.15) is 0 Å². The van der Waals surface area contributed by atoms with Crippen molar-refractivity contribution >= 4 is 12.6 Å². The van der Waals surface area contributed by atoms with E-state index >= 15 is 0 Å². The van der Waals surface area contributed by atoms with E-state index in [-0.39, 0.29) is 6.04 Å². The number of hydrogen-bond acceptors (Lipinski definition) is 3. The van der Waals surface area contributed by atoms with E-state index in [9.17, 15) is 0 Å². The first-order valence-electron chi connectivity index (χ1n) is 6.19. The van der Waals surface area contributed by atoms with Crippen molar-refractivity contribution < 1.29 is 0 Å². The first kappa shape index (κ1) is 11.8. The van der Waals surface area contributed by atoms with E-state index in [0.29, 0.717) is 6.04 Å². The molecule has 0 aromatic heterocycles. The molecule has 2 heterocycles. The lowest BCUT2D eigenvalue weighted by Crippen LogP contribution is -2.32. The van der Waals surface area contributed by atoms with Crippen LogP contribution in [0, 0.1) is 0 Å². The minimum absolute atomic E-state index is 0.253. The molecule has 2 aliphatic rings. The fourth-order valence-electron chi connectivity index (χ4n) is 2.00. The Bertz CT molecular complexity index is 402. The zero-order valence-electron chi connectivity index (χ0n) is 10.5. The van der Waals surface area contributed by atoms with Gasteiger partial charge in [-0.15, -0.1) is 0 Å². The molecular weight excluding hydrogens is 210 g/mol. The summed E-state index contributed by atoms with van der Waals surface area (Å²) in [6, 6.07) is 0.617. The first-order chi connectivity index (χ1) is 8.33. The molecule has 17 heavy (non-hydrogen) atoms. The Balaban J connectivity index is 2.13. The number of rotatable bonds is 3. The SMILES string of the molecule is CC/C=C\C=C1/C(C)N=CN1[C@H]1C=CN=CC1. The van der Waals surface area contributed by atoms with Gasteiger partial charge in [-0.05, 0) is 25.5 Å². The molecular formula is C14H19N3. The second kappa shape index (κ2) is 5.62. The van der Waals surface area contributed by atoms with Gasteiger partial charge >= 0.3 is 0 Å². The first-order valence-corrected chi connectivity index (χ1v) is 6.19. The van der Waals surface area contributed by atoms with Crippen molar-refractivity contribution in [2.45, 2.75) is 38.8 Å². The van der Waals surface area contributed by atoms with Gasteiger partial charge in [-0.1, -0.05) is 19.1 Å². The van der Waals surface area contributed by atoms with Crippen molar-refractivity contribution in [2.75, 3.05) is 0 Å². The van der Waals surface area contributed by atoms with E-state index in [1.807, 2.05) is 18.8 Å². The summed E-state index contributed by atoms with van der Waals surface area (Å²) < 4.78 is 0. The van der Waals surface area contributed by atoms with Gasteiger partial charge in [-0.2, -0.15) is 0 Å². The quantitative estimate of drug-likeness (QED) is 0.731. The standard InChI is InChI=1S/C14H19N3/c1-3-4-5-6-14-12(2)16-11-17(14)13-7-9-15-10-8-13/h4-7,9-13H,3,8H2,1-2H3/b5-4-,14-6+/t12?,13-/m0/s1. The van der Waals surface area contributed by atoms with Crippen LogP contribution in [0.4, 0.5) is 0 Å². The summed E-state index contributed by atoms with van der Waals surface area (Å²) in [4.78, 5) is 10.8. The molecule has 0 aliphatic carbocycles. The number of hydrogen-bond donors (Lipinski definition) is 0. The zero-order valence-corrected chi connectivity index (χ0v) is 10.5. The molecule has 3 heteroatoms. The predicted octanol–water partition coefficient (Wildman–Crippen LogP) is 2.93. The number of nitrogens with zero attached hydrogens (tertiary/aromatic N) is 3. The average Bonchev–Trinajstić information content (AvgIpc) is 2.73. The van der Waals surface area contributed by atoms with Crippen LogP contribution in [-0.2, 0) is 0 Å². The van der Waals surface area contributed by atoms with Crippen LogP contribution in [0.15, 0.2) is 46.2 Å². The van der Waals surface area contributed by atoms with Crippen LogP contribution in [0.2, 0.25) is 0 Å². The monoisotopic (exact) mass is 229 g/mol. The predicted molar refractivity (Wildman–Crippen MR) is 73.3 cm³/mol. The lowest BCUT2D eigenvalue weighted by atomic mass is 10.1. The summed E-state index contributed by atoms with van der Waals surface area (Å²) in [7, 11) is 0. The molecule has 90 valence electrons. The van der Waals surface area contributed by atoms with Crippen molar-refractivity contribution in [3.63, 3.8) is 0 Å². The van der Waals surface area contributed by atoms with Gasteiger partial charge in [0.2, 0.25) is 0 Å². The molecule has 3 nitrogen and oxygen atoms in total. The molecule has 0 spiro atoms. The Morgan fingerprint density at radius 3 is 3.12 bits per heavy atom. The second-order valence-electron chi connectivity index (χ2n) is 4.25. The van der Waals surface area contributed by atoms with Gasteiger partial charge in [0.25, 0.3) is 0 Å².